The first-order valence-electron chi connectivity index (χ1n) is 14.0. The van der Waals surface area contributed by atoms with E-state index in [9.17, 15) is 18.0 Å². The molecule has 4 heterocycles. The fourth-order valence-corrected chi connectivity index (χ4v) is 6.17. The van der Waals surface area contributed by atoms with E-state index in [4.69, 9.17) is 11.6 Å². The van der Waals surface area contributed by atoms with Crippen LogP contribution in [0.1, 0.15) is 41.5 Å². The van der Waals surface area contributed by atoms with Crippen molar-refractivity contribution in [3.63, 3.8) is 0 Å². The lowest BCUT2D eigenvalue weighted by Crippen LogP contribution is -2.60. The van der Waals surface area contributed by atoms with E-state index in [1.807, 2.05) is 19.1 Å². The molecule has 2 aliphatic rings. The Morgan fingerprint density at radius 2 is 1.62 bits per heavy atom. The Morgan fingerprint density at radius 3 is 2.26 bits per heavy atom. The van der Waals surface area contributed by atoms with Crippen molar-refractivity contribution in [2.24, 2.45) is 5.41 Å². The van der Waals surface area contributed by atoms with Crippen LogP contribution >= 0.6 is 11.6 Å². The summed E-state index contributed by atoms with van der Waals surface area (Å²) < 4.78 is 43.0. The number of ether oxygens (including phenoxy) is 1. The van der Waals surface area contributed by atoms with Crippen molar-refractivity contribution < 1.29 is 22.7 Å². The number of aromatic nitrogens is 2. The second-order valence-electron chi connectivity index (χ2n) is 11.1. The minimum atomic E-state index is -4.68. The fourth-order valence-electron chi connectivity index (χ4n) is 6.01. The predicted octanol–water partition coefficient (Wildman–Crippen LogP) is 6.49. The topological polar surface area (TPSA) is 62.1 Å². The van der Waals surface area contributed by atoms with Gasteiger partial charge in [0.05, 0.1) is 10.7 Å². The van der Waals surface area contributed by atoms with Gasteiger partial charge < -0.3 is 19.9 Å². The fraction of sp³-hybridized carbons (Fsp3) is 0.355. The van der Waals surface area contributed by atoms with Crippen LogP contribution in [0, 0.1) is 5.41 Å². The number of piperidine rings is 1. The summed E-state index contributed by atoms with van der Waals surface area (Å²) in [5, 5.41) is 3.57. The molecule has 220 valence electrons. The molecule has 1 N–H and O–H groups in total. The van der Waals surface area contributed by atoms with Crippen LogP contribution in [0.2, 0.25) is 5.02 Å². The lowest BCUT2D eigenvalue weighted by atomic mass is 9.71. The molecule has 6 rings (SSSR count). The summed E-state index contributed by atoms with van der Waals surface area (Å²) in [5.74, 6) is -0.390. The molecular weight excluding hydrogens is 567 g/mol. The highest BCUT2D eigenvalue weighted by Gasteiger charge is 2.45. The predicted molar refractivity (Wildman–Crippen MR) is 156 cm³/mol. The summed E-state index contributed by atoms with van der Waals surface area (Å²) in [6, 6.07) is 18.0. The molecule has 0 bridgehead atoms. The zero-order valence-corrected chi connectivity index (χ0v) is 23.9. The van der Waals surface area contributed by atoms with Gasteiger partial charge in [-0.2, -0.15) is 0 Å². The van der Waals surface area contributed by atoms with Crippen molar-refractivity contribution in [3.8, 4) is 5.75 Å². The van der Waals surface area contributed by atoms with Crippen LogP contribution < -0.4 is 19.9 Å². The van der Waals surface area contributed by atoms with Crippen molar-refractivity contribution in [2.75, 3.05) is 36.0 Å². The maximum absolute atomic E-state index is 13.1. The molecule has 2 fully saturated rings. The number of imidazole rings is 1. The van der Waals surface area contributed by atoms with Gasteiger partial charge in [-0.3, -0.25) is 9.20 Å². The van der Waals surface area contributed by atoms with Gasteiger partial charge in [-0.25, -0.2) is 4.98 Å². The van der Waals surface area contributed by atoms with Gasteiger partial charge in [0.1, 0.15) is 17.1 Å². The number of hydrogen-bond donors (Lipinski definition) is 1. The number of anilines is 2. The van der Waals surface area contributed by atoms with E-state index in [0.29, 0.717) is 29.3 Å². The molecule has 2 saturated heterocycles. The quantitative estimate of drug-likeness (QED) is 0.264. The summed E-state index contributed by atoms with van der Waals surface area (Å²) in [7, 11) is 0. The highest BCUT2D eigenvalue weighted by atomic mass is 35.5. The molecule has 7 nitrogen and oxygen atoms in total. The Labute approximate surface area is 246 Å². The number of alkyl halides is 3. The molecule has 0 aliphatic carbocycles. The molecule has 2 aromatic carbocycles. The molecule has 2 aromatic heterocycles. The van der Waals surface area contributed by atoms with Gasteiger partial charge in [0.15, 0.2) is 0 Å². The average Bonchev–Trinajstić information content (AvgIpc) is 3.32. The summed E-state index contributed by atoms with van der Waals surface area (Å²) in [4.78, 5) is 22.3. The molecule has 2 aliphatic heterocycles. The van der Waals surface area contributed by atoms with Crippen LogP contribution in [0.4, 0.5) is 24.5 Å². The van der Waals surface area contributed by atoms with Crippen LogP contribution in [0.3, 0.4) is 0 Å². The van der Waals surface area contributed by atoms with Crippen LogP contribution in [-0.2, 0) is 13.0 Å². The minimum Gasteiger partial charge on any atom is -0.406 e. The molecular formula is C31H31ClF3N5O2. The molecule has 1 amide bonds. The maximum atomic E-state index is 13.1. The van der Waals surface area contributed by atoms with Gasteiger partial charge in [-0.15, -0.1) is 13.2 Å². The van der Waals surface area contributed by atoms with Gasteiger partial charge in [-0.05, 0) is 73.4 Å². The van der Waals surface area contributed by atoms with E-state index in [1.54, 1.807) is 34.9 Å². The second-order valence-corrected chi connectivity index (χ2v) is 11.5. The molecule has 0 unspecified atom stereocenters. The number of amides is 1. The van der Waals surface area contributed by atoms with Crippen molar-refractivity contribution in [3.05, 3.63) is 88.8 Å². The van der Waals surface area contributed by atoms with Gasteiger partial charge in [0.25, 0.3) is 5.91 Å². The molecule has 0 saturated carbocycles. The number of carbonyl (C=O) groups is 1. The monoisotopic (exact) mass is 597 g/mol. The van der Waals surface area contributed by atoms with E-state index < -0.39 is 6.36 Å². The molecule has 4 aromatic rings. The van der Waals surface area contributed by atoms with E-state index in [-0.39, 0.29) is 17.1 Å². The Balaban J connectivity index is 1.00. The number of fused-ring (bicyclic) bond motifs is 1. The van der Waals surface area contributed by atoms with E-state index >= 15 is 0 Å². The highest BCUT2D eigenvalue weighted by molar-refractivity contribution is 6.30. The number of pyridine rings is 1. The molecule has 0 radical (unpaired) electrons. The first kappa shape index (κ1) is 28.2. The Morgan fingerprint density at radius 1 is 0.976 bits per heavy atom. The van der Waals surface area contributed by atoms with Crippen molar-refractivity contribution in [2.45, 2.75) is 39.1 Å². The zero-order valence-electron chi connectivity index (χ0n) is 23.1. The van der Waals surface area contributed by atoms with E-state index in [0.717, 1.165) is 61.7 Å². The van der Waals surface area contributed by atoms with Crippen molar-refractivity contribution >= 4 is 34.5 Å². The second kappa shape index (κ2) is 11.1. The number of halogens is 4. The van der Waals surface area contributed by atoms with E-state index in [1.165, 1.54) is 12.1 Å². The molecule has 11 heteroatoms. The summed E-state index contributed by atoms with van der Waals surface area (Å²) in [6.45, 7) is 6.06. The van der Waals surface area contributed by atoms with Crippen molar-refractivity contribution in [1.29, 1.82) is 0 Å². The standard InChI is InChI=1S/C31H31ClF3N5O2/c1-2-26-28(40-18-22(32)5-12-27(40)37-26)29(41)36-17-21-3-6-23(7-4-21)38-15-13-30(14-16-38)19-39(20-30)24-8-10-25(11-9-24)42-31(33,34)35/h3-12,18H,2,13-17,19-20H2,1H3,(H,36,41). The maximum Gasteiger partial charge on any atom is 0.573 e. The third-order valence-corrected chi connectivity index (χ3v) is 8.49. The van der Waals surface area contributed by atoms with Crippen molar-refractivity contribution in [1.82, 2.24) is 14.7 Å². The van der Waals surface area contributed by atoms with Gasteiger partial charge in [0, 0.05) is 55.7 Å². The Bertz CT molecular complexity index is 1570. The number of hydrogen-bond acceptors (Lipinski definition) is 5. The first-order chi connectivity index (χ1) is 20.1. The first-order valence-corrected chi connectivity index (χ1v) is 14.4. The lowest BCUT2D eigenvalue weighted by molar-refractivity contribution is -0.274. The Hall–Kier alpha value is -3.92. The SMILES string of the molecule is CCc1nc2ccc(Cl)cn2c1C(=O)NCc1ccc(N2CCC3(CC2)CN(c2ccc(OC(F)(F)F)cc2)C3)cc1. The number of rotatable bonds is 7. The number of nitrogens with one attached hydrogen (secondary N) is 1. The van der Waals surface area contributed by atoms with E-state index in [2.05, 4.69) is 37.0 Å². The Kier molecular flexibility index (Phi) is 7.43. The summed E-state index contributed by atoms with van der Waals surface area (Å²) in [6.07, 6.45) is -0.220. The van der Waals surface area contributed by atoms with Gasteiger partial charge in [0.2, 0.25) is 0 Å². The smallest absolute Gasteiger partial charge is 0.406 e. The highest BCUT2D eigenvalue weighted by Crippen LogP contribution is 2.43. The number of benzene rings is 2. The van der Waals surface area contributed by atoms with Crippen LogP contribution in [-0.4, -0.2) is 47.8 Å². The van der Waals surface area contributed by atoms with Gasteiger partial charge in [-0.1, -0.05) is 30.7 Å². The normalized spacial score (nSPS) is 16.5. The number of carbonyl (C=O) groups excluding carboxylic acids is 1. The molecule has 0 atom stereocenters. The van der Waals surface area contributed by atoms with Crippen LogP contribution in [0.25, 0.3) is 5.65 Å². The van der Waals surface area contributed by atoms with Crippen LogP contribution in [0.15, 0.2) is 66.9 Å². The molecule has 42 heavy (non-hydrogen) atoms. The number of nitrogens with zero attached hydrogens (tertiary/aromatic N) is 4. The van der Waals surface area contributed by atoms with Crippen LogP contribution in [0.5, 0.6) is 5.75 Å². The minimum absolute atomic E-state index is 0.188. The lowest BCUT2D eigenvalue weighted by Gasteiger charge is -2.55. The number of aryl methyl sites for hydroxylation is 1. The summed E-state index contributed by atoms with van der Waals surface area (Å²) in [5.41, 5.74) is 5.25. The average molecular weight is 598 g/mol. The summed E-state index contributed by atoms with van der Waals surface area (Å²) >= 11 is 6.16. The third kappa shape index (κ3) is 5.86. The zero-order chi connectivity index (χ0) is 29.5. The third-order valence-electron chi connectivity index (χ3n) is 8.27. The van der Waals surface area contributed by atoms with Gasteiger partial charge >= 0.3 is 6.36 Å². The molecule has 1 spiro atoms. The largest absolute Gasteiger partial charge is 0.573 e.